The third kappa shape index (κ3) is 3.28. The molecule has 2 aromatic carbocycles. The van der Waals surface area contributed by atoms with Gasteiger partial charge in [0.15, 0.2) is 0 Å². The van der Waals surface area contributed by atoms with Crippen molar-refractivity contribution in [3.05, 3.63) is 69.1 Å². The molecule has 0 spiro atoms. The molecule has 31 heavy (non-hydrogen) atoms. The van der Waals surface area contributed by atoms with Crippen molar-refractivity contribution in [3.8, 4) is 0 Å². The number of hydrogen-bond donors (Lipinski definition) is 2. The maximum atomic E-state index is 13.1. The molecule has 1 aliphatic rings. The molecule has 0 aliphatic carbocycles. The first-order chi connectivity index (χ1) is 14.8. The van der Waals surface area contributed by atoms with Crippen LogP contribution in [-0.4, -0.2) is 26.8 Å². The number of rotatable bonds is 4. The van der Waals surface area contributed by atoms with Gasteiger partial charge >= 0.3 is 0 Å². The number of benzene rings is 2. The second-order valence-corrected chi connectivity index (χ2v) is 9.03. The molecule has 4 aromatic rings. The molecule has 2 aromatic heterocycles. The molecule has 0 saturated heterocycles. The average Bonchev–Trinajstić information content (AvgIpc) is 3.42. The van der Waals surface area contributed by atoms with E-state index in [1.807, 2.05) is 31.4 Å². The van der Waals surface area contributed by atoms with E-state index in [2.05, 4.69) is 20.3 Å². The highest BCUT2D eigenvalue weighted by Gasteiger charge is 2.44. The number of aromatic amines is 1. The average molecular weight is 452 g/mol. The van der Waals surface area contributed by atoms with E-state index in [4.69, 9.17) is 11.6 Å². The lowest BCUT2D eigenvalue weighted by Crippen LogP contribution is -2.35. The van der Waals surface area contributed by atoms with Crippen molar-refractivity contribution in [3.63, 3.8) is 0 Å². The van der Waals surface area contributed by atoms with Crippen molar-refractivity contribution in [2.75, 3.05) is 10.2 Å². The number of nitrogens with one attached hydrogen (secondary N) is 2. The number of anilines is 2. The fourth-order valence-electron chi connectivity index (χ4n) is 3.85. The summed E-state index contributed by atoms with van der Waals surface area (Å²) >= 11 is 7.62. The number of fused-ring (bicyclic) bond motifs is 2. The normalized spacial score (nSPS) is 14.8. The Morgan fingerprint density at radius 3 is 2.84 bits per heavy atom. The number of H-pyrrole nitrogens is 1. The van der Waals surface area contributed by atoms with Gasteiger partial charge in [-0.25, -0.2) is 9.97 Å². The number of amides is 2. The van der Waals surface area contributed by atoms with Crippen LogP contribution in [-0.2, 0) is 16.8 Å². The van der Waals surface area contributed by atoms with Crippen LogP contribution in [0, 0.1) is 0 Å². The zero-order valence-electron chi connectivity index (χ0n) is 16.8. The largest absolute Gasteiger partial charge is 0.324 e. The molecule has 7 nitrogen and oxygen atoms in total. The van der Waals surface area contributed by atoms with Crippen LogP contribution in [0.1, 0.15) is 35.5 Å². The van der Waals surface area contributed by atoms with Gasteiger partial charge in [0.25, 0.3) is 5.91 Å². The molecule has 156 valence electrons. The summed E-state index contributed by atoms with van der Waals surface area (Å²) in [7, 11) is 0. The summed E-state index contributed by atoms with van der Waals surface area (Å²) in [5, 5.41) is 5.07. The number of halogens is 1. The van der Waals surface area contributed by atoms with E-state index < -0.39 is 5.41 Å². The maximum Gasteiger partial charge on any atom is 0.259 e. The van der Waals surface area contributed by atoms with E-state index in [1.165, 1.54) is 11.3 Å². The lowest BCUT2D eigenvalue weighted by molar-refractivity contribution is -0.122. The zero-order chi connectivity index (χ0) is 21.8. The number of imidazole rings is 1. The van der Waals surface area contributed by atoms with Crippen LogP contribution >= 0.6 is 22.9 Å². The maximum absolute atomic E-state index is 13.1. The first-order valence-corrected chi connectivity index (χ1v) is 11.0. The number of carbonyl (C=O) groups is 2. The van der Waals surface area contributed by atoms with Crippen LogP contribution in [0.5, 0.6) is 0 Å². The van der Waals surface area contributed by atoms with Gasteiger partial charge in [-0.3, -0.25) is 14.9 Å². The van der Waals surface area contributed by atoms with Crippen LogP contribution in [0.25, 0.3) is 11.0 Å². The number of carbonyl (C=O) groups excluding carboxylic acids is 2. The van der Waals surface area contributed by atoms with Gasteiger partial charge in [-0.05, 0) is 43.7 Å². The third-order valence-corrected chi connectivity index (χ3v) is 6.46. The van der Waals surface area contributed by atoms with E-state index in [-0.39, 0.29) is 11.8 Å². The number of thiazole rings is 1. The zero-order valence-corrected chi connectivity index (χ0v) is 18.3. The van der Waals surface area contributed by atoms with Crippen molar-refractivity contribution >= 4 is 57.4 Å². The van der Waals surface area contributed by atoms with Gasteiger partial charge in [0.05, 0.1) is 50.5 Å². The third-order valence-electron chi connectivity index (χ3n) is 5.50. The fourth-order valence-corrected chi connectivity index (χ4v) is 4.62. The lowest BCUT2D eigenvalue weighted by atomic mass is 9.86. The van der Waals surface area contributed by atoms with E-state index in [9.17, 15) is 9.59 Å². The van der Waals surface area contributed by atoms with Crippen LogP contribution < -0.4 is 10.2 Å². The first-order valence-electron chi connectivity index (χ1n) is 9.64. The molecule has 5 rings (SSSR count). The minimum atomic E-state index is -0.681. The van der Waals surface area contributed by atoms with Gasteiger partial charge in [-0.2, -0.15) is 0 Å². The number of hydrogen-bond acceptors (Lipinski definition) is 5. The smallest absolute Gasteiger partial charge is 0.259 e. The number of aromatic nitrogens is 3. The van der Waals surface area contributed by atoms with Gasteiger partial charge < -0.3 is 9.88 Å². The monoisotopic (exact) mass is 451 g/mol. The molecule has 9 heteroatoms. The van der Waals surface area contributed by atoms with E-state index in [0.717, 1.165) is 22.5 Å². The molecule has 0 radical (unpaired) electrons. The topological polar surface area (TPSA) is 91.0 Å². The van der Waals surface area contributed by atoms with Crippen LogP contribution in [0.3, 0.4) is 0 Å². The van der Waals surface area contributed by atoms with Gasteiger partial charge in [0.1, 0.15) is 0 Å². The minimum absolute atomic E-state index is 0.0235. The Balaban J connectivity index is 1.51. The number of nitrogens with zero attached hydrogens (tertiary/aromatic N) is 3. The molecule has 0 bridgehead atoms. The van der Waals surface area contributed by atoms with Crippen molar-refractivity contribution in [1.29, 1.82) is 0 Å². The molecule has 2 N–H and O–H groups in total. The highest BCUT2D eigenvalue weighted by Crippen LogP contribution is 2.44. The molecular weight excluding hydrogens is 434 g/mol. The van der Waals surface area contributed by atoms with Gasteiger partial charge in [0, 0.05) is 5.38 Å². The van der Waals surface area contributed by atoms with Crippen molar-refractivity contribution in [2.45, 2.75) is 25.8 Å². The van der Waals surface area contributed by atoms with Gasteiger partial charge in [-0.1, -0.05) is 23.7 Å². The van der Waals surface area contributed by atoms with Gasteiger partial charge in [0.2, 0.25) is 11.9 Å². The Hall–Kier alpha value is -3.23. The molecule has 2 amide bonds. The molecule has 0 fully saturated rings. The Bertz CT molecular complexity index is 1330. The molecule has 0 atom stereocenters. The van der Waals surface area contributed by atoms with Crippen molar-refractivity contribution < 1.29 is 9.59 Å². The van der Waals surface area contributed by atoms with Crippen LogP contribution in [0.15, 0.2) is 47.3 Å². The molecule has 0 saturated carbocycles. The van der Waals surface area contributed by atoms with Crippen LogP contribution in [0.4, 0.5) is 11.6 Å². The van der Waals surface area contributed by atoms with Crippen molar-refractivity contribution in [1.82, 2.24) is 15.0 Å². The molecule has 1 aliphatic heterocycles. The summed E-state index contributed by atoms with van der Waals surface area (Å²) in [6, 6.07) is 10.6. The Kier molecular flexibility index (Phi) is 4.56. The lowest BCUT2D eigenvalue weighted by Gasteiger charge is -2.19. The van der Waals surface area contributed by atoms with Crippen LogP contribution in [0.2, 0.25) is 5.02 Å². The summed E-state index contributed by atoms with van der Waals surface area (Å²) in [5.41, 5.74) is 5.41. The summed E-state index contributed by atoms with van der Waals surface area (Å²) in [6.07, 6.45) is 0. The summed E-state index contributed by atoms with van der Waals surface area (Å²) in [5.74, 6) is -0.00737. The van der Waals surface area contributed by atoms with Crippen molar-refractivity contribution in [2.24, 2.45) is 0 Å². The standard InChI is InChI=1S/C22H18ClN5O2S/c1-22(2)14-7-16-17(8-18(14)28(20(22)30)9-12-10-31-11-24-12)26-21(25-16)27-19(29)13-5-3-4-6-15(13)23/h3-8,10-11H,9H2,1-2H3,(H2,25,26,27,29). The summed E-state index contributed by atoms with van der Waals surface area (Å²) < 4.78 is 0. The highest BCUT2D eigenvalue weighted by molar-refractivity contribution is 7.07. The predicted molar refractivity (Wildman–Crippen MR) is 122 cm³/mol. The second-order valence-electron chi connectivity index (χ2n) is 7.90. The quantitative estimate of drug-likeness (QED) is 0.468. The van der Waals surface area contributed by atoms with E-state index in [1.54, 1.807) is 34.7 Å². The Morgan fingerprint density at radius 1 is 1.29 bits per heavy atom. The minimum Gasteiger partial charge on any atom is -0.324 e. The second kappa shape index (κ2) is 7.18. The van der Waals surface area contributed by atoms with E-state index >= 15 is 0 Å². The van der Waals surface area contributed by atoms with Gasteiger partial charge in [-0.15, -0.1) is 11.3 Å². The fraction of sp³-hybridized carbons (Fsp3) is 0.182. The molecular formula is C22H18ClN5O2S. The SMILES string of the molecule is CC1(C)C(=O)N(Cc2cscn2)c2cc3[nH]c(NC(=O)c4ccccc4Cl)nc3cc21. The molecule has 3 heterocycles. The summed E-state index contributed by atoms with van der Waals surface area (Å²) in [4.78, 5) is 39.4. The van der Waals surface area contributed by atoms with E-state index in [0.29, 0.717) is 28.6 Å². The first kappa shape index (κ1) is 19.7. The summed E-state index contributed by atoms with van der Waals surface area (Å²) in [6.45, 7) is 4.23. The Labute approximate surface area is 187 Å². The molecule has 0 unspecified atom stereocenters. The Morgan fingerprint density at radius 2 is 2.10 bits per heavy atom. The highest BCUT2D eigenvalue weighted by atomic mass is 35.5. The predicted octanol–water partition coefficient (Wildman–Crippen LogP) is 4.75.